The molecule has 0 bridgehead atoms. The van der Waals surface area contributed by atoms with Gasteiger partial charge in [-0.15, -0.1) is 0 Å². The highest BCUT2D eigenvalue weighted by molar-refractivity contribution is 5.77. The minimum absolute atomic E-state index is 0.162. The number of amides is 1. The first-order valence-electron chi connectivity index (χ1n) is 8.66. The fraction of sp³-hybridized carbons (Fsp3) is 0.150. The highest BCUT2D eigenvalue weighted by atomic mass is 16.5. The smallest absolute Gasteiger partial charge is 0.326 e. The van der Waals surface area contributed by atoms with E-state index in [0.29, 0.717) is 12.3 Å². The number of carbonyl (C=O) groups is 1. The van der Waals surface area contributed by atoms with Gasteiger partial charge >= 0.3 is 5.69 Å². The van der Waals surface area contributed by atoms with Gasteiger partial charge in [0.25, 0.3) is 0 Å². The summed E-state index contributed by atoms with van der Waals surface area (Å²) in [5.74, 6) is 0.413. The van der Waals surface area contributed by atoms with Gasteiger partial charge in [0.15, 0.2) is 5.76 Å². The van der Waals surface area contributed by atoms with E-state index < -0.39 is 0 Å². The maximum absolute atomic E-state index is 12.1. The molecule has 1 amide bonds. The van der Waals surface area contributed by atoms with E-state index in [1.807, 2.05) is 54.6 Å². The maximum Gasteiger partial charge on any atom is 0.326 e. The molecule has 7 heteroatoms. The number of carbonyl (C=O) groups excluding carboxylic acids is 1. The summed E-state index contributed by atoms with van der Waals surface area (Å²) >= 11 is 0. The van der Waals surface area contributed by atoms with Crippen LogP contribution in [0.4, 0.5) is 0 Å². The van der Waals surface area contributed by atoms with E-state index in [-0.39, 0.29) is 24.6 Å². The van der Waals surface area contributed by atoms with Crippen molar-refractivity contribution in [3.63, 3.8) is 0 Å². The maximum atomic E-state index is 12.1. The van der Waals surface area contributed by atoms with Crippen LogP contribution in [0.3, 0.4) is 0 Å². The van der Waals surface area contributed by atoms with Crippen LogP contribution in [0.5, 0.6) is 0 Å². The fourth-order valence-corrected chi connectivity index (χ4v) is 2.96. The average Bonchev–Trinajstić information content (AvgIpc) is 3.29. The van der Waals surface area contributed by atoms with Gasteiger partial charge in [0.05, 0.1) is 17.6 Å². The molecule has 0 aliphatic heterocycles. The van der Waals surface area contributed by atoms with Crippen molar-refractivity contribution in [2.24, 2.45) is 0 Å². The Hall–Kier alpha value is -3.61. The third-order valence-corrected chi connectivity index (χ3v) is 4.33. The number of aromatic amines is 1. The molecule has 0 saturated heterocycles. The lowest BCUT2D eigenvalue weighted by atomic mass is 10.1. The van der Waals surface area contributed by atoms with Gasteiger partial charge in [0.2, 0.25) is 5.91 Å². The lowest BCUT2D eigenvalue weighted by molar-refractivity contribution is -0.121. The zero-order valence-corrected chi connectivity index (χ0v) is 14.5. The van der Waals surface area contributed by atoms with E-state index in [2.05, 4.69) is 15.5 Å². The zero-order valence-electron chi connectivity index (χ0n) is 14.5. The van der Waals surface area contributed by atoms with Crippen LogP contribution in [0.1, 0.15) is 12.2 Å². The number of aryl methyl sites for hydroxylation is 1. The molecule has 0 saturated carbocycles. The molecule has 4 aromatic rings. The minimum atomic E-state index is -0.216. The molecule has 2 aromatic carbocycles. The molecule has 4 rings (SSSR count). The Labute approximate surface area is 154 Å². The van der Waals surface area contributed by atoms with Crippen LogP contribution in [-0.4, -0.2) is 20.6 Å². The average molecular weight is 362 g/mol. The lowest BCUT2D eigenvalue weighted by Crippen LogP contribution is -2.26. The molecule has 0 radical (unpaired) electrons. The van der Waals surface area contributed by atoms with Crippen LogP contribution < -0.4 is 11.0 Å². The van der Waals surface area contributed by atoms with Crippen LogP contribution in [0.25, 0.3) is 22.3 Å². The number of benzene rings is 2. The molecule has 0 spiro atoms. The SMILES string of the molecule is O=C(CCn1c(=O)[nH]c2ccccc21)NCc1cc(-c2ccccc2)no1. The Morgan fingerprint density at radius 1 is 1.11 bits per heavy atom. The molecule has 0 aliphatic rings. The fourth-order valence-electron chi connectivity index (χ4n) is 2.96. The molecule has 2 aromatic heterocycles. The Kier molecular flexibility index (Phi) is 4.57. The summed E-state index contributed by atoms with van der Waals surface area (Å²) in [6, 6.07) is 18.9. The van der Waals surface area contributed by atoms with E-state index in [1.54, 1.807) is 10.6 Å². The predicted octanol–water partition coefficient (Wildman–Crippen LogP) is 2.69. The van der Waals surface area contributed by atoms with E-state index in [1.165, 1.54) is 0 Å². The monoisotopic (exact) mass is 362 g/mol. The number of nitrogens with zero attached hydrogens (tertiary/aromatic N) is 2. The number of H-pyrrole nitrogens is 1. The minimum Gasteiger partial charge on any atom is -0.359 e. The van der Waals surface area contributed by atoms with Gasteiger partial charge < -0.3 is 14.8 Å². The van der Waals surface area contributed by atoms with Gasteiger partial charge in [0.1, 0.15) is 5.69 Å². The Balaban J connectivity index is 1.34. The van der Waals surface area contributed by atoms with E-state index in [0.717, 1.165) is 22.3 Å². The largest absolute Gasteiger partial charge is 0.359 e. The van der Waals surface area contributed by atoms with Crippen molar-refractivity contribution >= 4 is 16.9 Å². The highest BCUT2D eigenvalue weighted by Crippen LogP contribution is 2.18. The Morgan fingerprint density at radius 3 is 2.74 bits per heavy atom. The molecule has 0 aliphatic carbocycles. The molecule has 0 atom stereocenters. The van der Waals surface area contributed by atoms with Crippen LogP contribution in [0, 0.1) is 0 Å². The number of fused-ring (bicyclic) bond motifs is 1. The summed E-state index contributed by atoms with van der Waals surface area (Å²) in [5.41, 5.74) is 3.02. The molecular formula is C20H18N4O3. The van der Waals surface area contributed by atoms with Crippen molar-refractivity contribution in [2.75, 3.05) is 0 Å². The van der Waals surface area contributed by atoms with Gasteiger partial charge in [-0.2, -0.15) is 0 Å². The van der Waals surface area contributed by atoms with Gasteiger partial charge in [0, 0.05) is 24.6 Å². The molecule has 0 fully saturated rings. The first-order chi connectivity index (χ1) is 13.2. The van der Waals surface area contributed by atoms with Crippen molar-refractivity contribution in [1.82, 2.24) is 20.0 Å². The summed E-state index contributed by atoms with van der Waals surface area (Å²) in [6.45, 7) is 0.557. The van der Waals surface area contributed by atoms with Gasteiger partial charge in [-0.05, 0) is 12.1 Å². The molecular weight excluding hydrogens is 344 g/mol. The van der Waals surface area contributed by atoms with Crippen molar-refractivity contribution in [2.45, 2.75) is 19.5 Å². The molecule has 2 heterocycles. The Bertz CT molecular complexity index is 1120. The van der Waals surface area contributed by atoms with Crippen LogP contribution in [-0.2, 0) is 17.9 Å². The number of nitrogens with one attached hydrogen (secondary N) is 2. The van der Waals surface area contributed by atoms with Gasteiger partial charge in [-0.25, -0.2) is 4.79 Å². The van der Waals surface area contributed by atoms with Crippen molar-refractivity contribution in [3.05, 3.63) is 76.9 Å². The molecule has 2 N–H and O–H groups in total. The normalized spacial score (nSPS) is 11.0. The third-order valence-electron chi connectivity index (χ3n) is 4.33. The summed E-state index contributed by atoms with van der Waals surface area (Å²) in [4.78, 5) is 26.9. The molecule has 7 nitrogen and oxygen atoms in total. The zero-order chi connectivity index (χ0) is 18.6. The van der Waals surface area contributed by atoms with Crippen LogP contribution in [0.15, 0.2) is 70.0 Å². The highest BCUT2D eigenvalue weighted by Gasteiger charge is 2.10. The summed E-state index contributed by atoms with van der Waals surface area (Å²) in [7, 11) is 0. The predicted molar refractivity (Wildman–Crippen MR) is 101 cm³/mol. The summed E-state index contributed by atoms with van der Waals surface area (Å²) in [5, 5.41) is 6.82. The summed E-state index contributed by atoms with van der Waals surface area (Å²) < 4.78 is 6.84. The second kappa shape index (κ2) is 7.33. The second-order valence-corrected chi connectivity index (χ2v) is 6.17. The van der Waals surface area contributed by atoms with Crippen molar-refractivity contribution in [3.8, 4) is 11.3 Å². The van der Waals surface area contributed by atoms with Gasteiger partial charge in [-0.3, -0.25) is 9.36 Å². The van der Waals surface area contributed by atoms with Crippen LogP contribution >= 0.6 is 0 Å². The van der Waals surface area contributed by atoms with E-state index in [4.69, 9.17) is 4.52 Å². The quantitative estimate of drug-likeness (QED) is 0.551. The number of hydrogen-bond acceptors (Lipinski definition) is 4. The van der Waals surface area contributed by atoms with Gasteiger partial charge in [-0.1, -0.05) is 47.6 Å². The number of hydrogen-bond donors (Lipinski definition) is 2. The number of aromatic nitrogens is 3. The number of para-hydroxylation sites is 2. The first kappa shape index (κ1) is 16.8. The second-order valence-electron chi connectivity index (χ2n) is 6.17. The van der Waals surface area contributed by atoms with E-state index >= 15 is 0 Å². The third kappa shape index (κ3) is 3.67. The summed E-state index contributed by atoms with van der Waals surface area (Å²) in [6.07, 6.45) is 0.196. The number of imidazole rings is 1. The number of rotatable bonds is 6. The lowest BCUT2D eigenvalue weighted by Gasteiger charge is -2.04. The van der Waals surface area contributed by atoms with E-state index in [9.17, 15) is 9.59 Å². The Morgan fingerprint density at radius 2 is 1.89 bits per heavy atom. The first-order valence-corrected chi connectivity index (χ1v) is 8.66. The topological polar surface area (TPSA) is 92.9 Å². The molecule has 136 valence electrons. The molecule has 27 heavy (non-hydrogen) atoms. The van der Waals surface area contributed by atoms with Crippen molar-refractivity contribution in [1.29, 1.82) is 0 Å². The molecule has 0 unspecified atom stereocenters. The van der Waals surface area contributed by atoms with Crippen molar-refractivity contribution < 1.29 is 9.32 Å². The standard InChI is InChI=1S/C20H18N4O3/c25-19(10-11-24-18-9-5-4-8-16(18)22-20(24)26)21-13-15-12-17(23-27-15)14-6-2-1-3-7-14/h1-9,12H,10-11,13H2,(H,21,25)(H,22,26). The van der Waals surface area contributed by atoms with Crippen LogP contribution in [0.2, 0.25) is 0 Å².